The van der Waals surface area contributed by atoms with Crippen LogP contribution < -0.4 is 15.4 Å². The van der Waals surface area contributed by atoms with Gasteiger partial charge in [-0.15, -0.1) is 5.10 Å². The largest absolute Gasteiger partial charge is 0.493 e. The standard InChI is InChI=1S/C25H34N6O4/c1-17(8-12-25(2,3)33)27-24(32)29-22-28-23-26-13-9-21(31(23)30-22)19-4-6-20(7-5-19)35-16-18-10-14-34-15-11-18/h4-7,9,13,17-18,33H,8,10-12,14-16H2,1-3H3,(H2,27,29,30,32). The number of urea groups is 1. The molecular formula is C25H34N6O4. The number of ether oxygens (including phenoxy) is 2. The van der Waals surface area contributed by atoms with Crippen molar-refractivity contribution < 1.29 is 19.4 Å². The lowest BCUT2D eigenvalue weighted by molar-refractivity contribution is 0.0497. The lowest BCUT2D eigenvalue weighted by Crippen LogP contribution is -2.37. The van der Waals surface area contributed by atoms with Crippen LogP contribution in [0.2, 0.25) is 0 Å². The number of rotatable bonds is 9. The molecular weight excluding hydrogens is 448 g/mol. The molecule has 10 heteroatoms. The van der Waals surface area contributed by atoms with E-state index in [0.717, 1.165) is 43.1 Å². The molecule has 35 heavy (non-hydrogen) atoms. The molecule has 3 aromatic rings. The third-order valence-corrected chi connectivity index (χ3v) is 6.01. The molecule has 0 spiro atoms. The molecule has 1 atom stereocenters. The Morgan fingerprint density at radius 1 is 1.26 bits per heavy atom. The molecule has 0 bridgehead atoms. The first-order valence-electron chi connectivity index (χ1n) is 12.1. The monoisotopic (exact) mass is 482 g/mol. The van der Waals surface area contributed by atoms with Crippen molar-refractivity contribution in [2.45, 2.75) is 58.1 Å². The van der Waals surface area contributed by atoms with Gasteiger partial charge in [0.1, 0.15) is 5.75 Å². The zero-order valence-corrected chi connectivity index (χ0v) is 20.5. The van der Waals surface area contributed by atoms with Crippen LogP contribution in [0.4, 0.5) is 10.7 Å². The van der Waals surface area contributed by atoms with Crippen LogP contribution in [0, 0.1) is 5.92 Å². The van der Waals surface area contributed by atoms with Gasteiger partial charge in [0.15, 0.2) is 0 Å². The highest BCUT2D eigenvalue weighted by molar-refractivity contribution is 5.87. The third-order valence-electron chi connectivity index (χ3n) is 6.01. The van der Waals surface area contributed by atoms with Gasteiger partial charge >= 0.3 is 6.03 Å². The summed E-state index contributed by atoms with van der Waals surface area (Å²) in [6.07, 6.45) is 4.96. The minimum absolute atomic E-state index is 0.112. The average Bonchev–Trinajstić information content (AvgIpc) is 3.24. The summed E-state index contributed by atoms with van der Waals surface area (Å²) in [7, 11) is 0. The second kappa shape index (κ2) is 11.0. The predicted octanol–water partition coefficient (Wildman–Crippen LogP) is 3.66. The second-order valence-corrected chi connectivity index (χ2v) is 9.72. The third kappa shape index (κ3) is 7.12. The van der Waals surface area contributed by atoms with Crippen LogP contribution in [0.25, 0.3) is 17.0 Å². The molecule has 0 saturated carbocycles. The van der Waals surface area contributed by atoms with Crippen molar-refractivity contribution in [3.63, 3.8) is 0 Å². The maximum Gasteiger partial charge on any atom is 0.321 e. The normalized spacial score (nSPS) is 15.7. The van der Waals surface area contributed by atoms with Crippen LogP contribution in [0.3, 0.4) is 0 Å². The number of hydrogen-bond donors (Lipinski definition) is 3. The number of benzene rings is 1. The average molecular weight is 483 g/mol. The number of amides is 2. The summed E-state index contributed by atoms with van der Waals surface area (Å²) in [5.41, 5.74) is 0.953. The molecule has 2 aromatic heterocycles. The Bertz CT molecular complexity index is 1120. The highest BCUT2D eigenvalue weighted by atomic mass is 16.5. The van der Waals surface area contributed by atoms with Crippen LogP contribution >= 0.6 is 0 Å². The van der Waals surface area contributed by atoms with E-state index in [9.17, 15) is 9.90 Å². The van der Waals surface area contributed by atoms with Crippen molar-refractivity contribution >= 4 is 17.8 Å². The number of fused-ring (bicyclic) bond motifs is 1. The fraction of sp³-hybridized carbons (Fsp3) is 0.520. The van der Waals surface area contributed by atoms with E-state index in [1.165, 1.54) is 0 Å². The molecule has 4 rings (SSSR count). The van der Waals surface area contributed by atoms with Crippen LogP contribution in [0.5, 0.6) is 5.75 Å². The molecule has 3 heterocycles. The number of hydrogen-bond acceptors (Lipinski definition) is 7. The Morgan fingerprint density at radius 3 is 2.71 bits per heavy atom. The molecule has 1 aromatic carbocycles. The fourth-order valence-corrected chi connectivity index (χ4v) is 3.92. The Labute approximate surface area is 205 Å². The quantitative estimate of drug-likeness (QED) is 0.425. The van der Waals surface area contributed by atoms with Crippen molar-refractivity contribution in [3.8, 4) is 17.0 Å². The van der Waals surface area contributed by atoms with Crippen LogP contribution in [0.15, 0.2) is 36.5 Å². The van der Waals surface area contributed by atoms with Gasteiger partial charge in [-0.05, 0) is 82.7 Å². The number of aliphatic hydroxyl groups is 1. The number of nitrogens with zero attached hydrogens (tertiary/aromatic N) is 4. The van der Waals surface area contributed by atoms with Gasteiger partial charge in [0.05, 0.1) is 17.9 Å². The van der Waals surface area contributed by atoms with Crippen molar-refractivity contribution in [3.05, 3.63) is 36.5 Å². The highest BCUT2D eigenvalue weighted by Crippen LogP contribution is 2.24. The first-order valence-corrected chi connectivity index (χ1v) is 12.1. The maximum absolute atomic E-state index is 12.4. The van der Waals surface area contributed by atoms with Crippen molar-refractivity contribution in [2.24, 2.45) is 5.92 Å². The summed E-state index contributed by atoms with van der Waals surface area (Å²) in [5, 5.41) is 19.8. The van der Waals surface area contributed by atoms with Gasteiger partial charge in [0.25, 0.3) is 11.7 Å². The van der Waals surface area contributed by atoms with E-state index in [4.69, 9.17) is 9.47 Å². The van der Waals surface area contributed by atoms with Crippen molar-refractivity contribution in [1.29, 1.82) is 0 Å². The minimum Gasteiger partial charge on any atom is -0.493 e. The zero-order valence-electron chi connectivity index (χ0n) is 20.5. The number of nitrogens with one attached hydrogen (secondary N) is 2. The van der Waals surface area contributed by atoms with E-state index in [0.29, 0.717) is 31.1 Å². The lowest BCUT2D eigenvalue weighted by atomic mass is 10.00. The van der Waals surface area contributed by atoms with Gasteiger partial charge in [-0.2, -0.15) is 9.50 Å². The van der Waals surface area contributed by atoms with Crippen molar-refractivity contribution in [1.82, 2.24) is 24.9 Å². The Morgan fingerprint density at radius 2 is 2.00 bits per heavy atom. The van der Waals surface area contributed by atoms with Gasteiger partial charge in [0, 0.05) is 31.0 Å². The molecule has 1 aliphatic rings. The SMILES string of the molecule is CC(CCC(C)(C)O)NC(=O)Nc1nc2nccc(-c3ccc(OCC4CCOCC4)cc3)n2n1. The van der Waals surface area contributed by atoms with Gasteiger partial charge in [-0.3, -0.25) is 5.32 Å². The second-order valence-electron chi connectivity index (χ2n) is 9.72. The predicted molar refractivity (Wildman–Crippen MR) is 132 cm³/mol. The van der Waals surface area contributed by atoms with Gasteiger partial charge in [-0.25, -0.2) is 9.78 Å². The first-order chi connectivity index (χ1) is 16.8. The molecule has 1 aliphatic heterocycles. The van der Waals surface area contributed by atoms with Crippen molar-refractivity contribution in [2.75, 3.05) is 25.1 Å². The summed E-state index contributed by atoms with van der Waals surface area (Å²) in [5.74, 6) is 1.90. The number of carbonyl (C=O) groups excluding carboxylic acids is 1. The lowest BCUT2D eigenvalue weighted by Gasteiger charge is -2.22. The Hall–Kier alpha value is -3.24. The summed E-state index contributed by atoms with van der Waals surface area (Å²) in [6, 6.07) is 9.16. The topological polar surface area (TPSA) is 123 Å². The summed E-state index contributed by atoms with van der Waals surface area (Å²) in [4.78, 5) is 21.0. The molecule has 1 unspecified atom stereocenters. The van der Waals surface area contributed by atoms with E-state index in [1.54, 1.807) is 24.6 Å². The van der Waals surface area contributed by atoms with E-state index in [1.807, 2.05) is 37.3 Å². The van der Waals surface area contributed by atoms with Crippen LogP contribution in [-0.2, 0) is 4.74 Å². The Balaban J connectivity index is 1.39. The summed E-state index contributed by atoms with van der Waals surface area (Å²) in [6.45, 7) is 7.69. The smallest absolute Gasteiger partial charge is 0.321 e. The van der Waals surface area contributed by atoms with Gasteiger partial charge in [0.2, 0.25) is 0 Å². The van der Waals surface area contributed by atoms with Gasteiger partial charge in [-0.1, -0.05) is 0 Å². The number of anilines is 1. The minimum atomic E-state index is -0.771. The van der Waals surface area contributed by atoms with E-state index in [2.05, 4.69) is 25.7 Å². The number of aromatic nitrogens is 4. The molecule has 0 aliphatic carbocycles. The Kier molecular flexibility index (Phi) is 7.82. The number of carbonyl (C=O) groups is 1. The highest BCUT2D eigenvalue weighted by Gasteiger charge is 2.18. The molecule has 10 nitrogen and oxygen atoms in total. The van der Waals surface area contributed by atoms with Gasteiger partial charge < -0.3 is 19.9 Å². The fourth-order valence-electron chi connectivity index (χ4n) is 3.92. The summed E-state index contributed by atoms with van der Waals surface area (Å²) < 4.78 is 13.0. The van der Waals surface area contributed by atoms with Crippen LogP contribution in [0.1, 0.15) is 46.5 Å². The van der Waals surface area contributed by atoms with E-state index in [-0.39, 0.29) is 12.0 Å². The maximum atomic E-state index is 12.4. The molecule has 0 radical (unpaired) electrons. The zero-order chi connectivity index (χ0) is 24.8. The van der Waals surface area contributed by atoms with Crippen LogP contribution in [-0.4, -0.2) is 62.2 Å². The molecule has 1 fully saturated rings. The van der Waals surface area contributed by atoms with E-state index < -0.39 is 11.6 Å². The molecule has 2 amide bonds. The molecule has 1 saturated heterocycles. The summed E-state index contributed by atoms with van der Waals surface area (Å²) >= 11 is 0. The molecule has 188 valence electrons. The molecule has 3 N–H and O–H groups in total. The first kappa shape index (κ1) is 24.9. The van der Waals surface area contributed by atoms with E-state index >= 15 is 0 Å².